The van der Waals surface area contributed by atoms with Gasteiger partial charge in [-0.1, -0.05) is 6.92 Å². The van der Waals surface area contributed by atoms with Crippen molar-refractivity contribution in [2.75, 3.05) is 10.6 Å². The molecular weight excluding hydrogens is 266 g/mol. The van der Waals surface area contributed by atoms with E-state index in [4.69, 9.17) is 15.8 Å². The molecule has 0 saturated heterocycles. The van der Waals surface area contributed by atoms with Crippen molar-refractivity contribution in [1.82, 2.24) is 0 Å². The third kappa shape index (κ3) is 4.70. The minimum Gasteiger partial charge on any atom is -0.345 e. The van der Waals surface area contributed by atoms with E-state index in [1.165, 1.54) is 0 Å². The van der Waals surface area contributed by atoms with E-state index in [2.05, 4.69) is 10.6 Å². The van der Waals surface area contributed by atoms with E-state index in [0.717, 1.165) is 6.42 Å². The van der Waals surface area contributed by atoms with Gasteiger partial charge in [-0.3, -0.25) is 4.79 Å². The number of anilines is 2. The Morgan fingerprint density at radius 1 is 1.00 bits per heavy atom. The number of benzene rings is 1. The first-order valence-corrected chi connectivity index (χ1v) is 6.26. The number of nitriles is 3. The van der Waals surface area contributed by atoms with Gasteiger partial charge < -0.3 is 10.6 Å². The predicted octanol–water partition coefficient (Wildman–Crippen LogP) is 2.66. The molecule has 6 heteroatoms. The summed E-state index contributed by atoms with van der Waals surface area (Å²) < 4.78 is 0. The average molecular weight is 279 g/mol. The maximum atomic E-state index is 11.4. The number of rotatable bonds is 5. The molecule has 0 aliphatic heterocycles. The van der Waals surface area contributed by atoms with Crippen molar-refractivity contribution in [1.29, 1.82) is 15.8 Å². The van der Waals surface area contributed by atoms with Gasteiger partial charge in [-0.15, -0.1) is 0 Å². The highest BCUT2D eigenvalue weighted by molar-refractivity contribution is 5.90. The van der Waals surface area contributed by atoms with E-state index in [1.54, 1.807) is 42.5 Å². The Morgan fingerprint density at radius 3 is 1.95 bits per heavy atom. The molecule has 1 amide bonds. The number of allylic oxidation sites excluding steroid dienone is 2. The van der Waals surface area contributed by atoms with Crippen molar-refractivity contribution in [3.8, 4) is 18.2 Å². The second-order valence-corrected chi connectivity index (χ2v) is 4.09. The van der Waals surface area contributed by atoms with Crippen LogP contribution >= 0.6 is 0 Å². The Bertz CT molecular complexity index is 652. The van der Waals surface area contributed by atoms with Gasteiger partial charge >= 0.3 is 0 Å². The average Bonchev–Trinajstić information content (AvgIpc) is 2.49. The summed E-state index contributed by atoms with van der Waals surface area (Å²) >= 11 is 0. The molecule has 1 rings (SSSR count). The fourth-order valence-corrected chi connectivity index (χ4v) is 1.51. The first kappa shape index (κ1) is 15.8. The van der Waals surface area contributed by atoms with Crippen molar-refractivity contribution >= 4 is 17.3 Å². The molecule has 6 nitrogen and oxygen atoms in total. The molecule has 0 unspecified atom stereocenters. The highest BCUT2D eigenvalue weighted by Gasteiger charge is 2.06. The summed E-state index contributed by atoms with van der Waals surface area (Å²) in [6.45, 7) is 1.92. The van der Waals surface area contributed by atoms with Crippen LogP contribution in [0.3, 0.4) is 0 Å². The van der Waals surface area contributed by atoms with Crippen LogP contribution < -0.4 is 10.6 Å². The van der Waals surface area contributed by atoms with Gasteiger partial charge in [0.15, 0.2) is 5.57 Å². The SMILES string of the molecule is CCCC(=O)Nc1ccc(NC(C#N)=C(C#N)C#N)cc1. The zero-order valence-electron chi connectivity index (χ0n) is 11.5. The van der Waals surface area contributed by atoms with E-state index >= 15 is 0 Å². The summed E-state index contributed by atoms with van der Waals surface area (Å²) in [5.74, 6) is -0.0629. The first-order chi connectivity index (χ1) is 10.1. The lowest BCUT2D eigenvalue weighted by atomic mass is 10.2. The standard InChI is InChI=1S/C15H13N5O/c1-2-3-15(21)20-13-6-4-12(5-7-13)19-14(10-18)11(8-16)9-17/h4-7,19H,2-3H2,1H3,(H,20,21). The lowest BCUT2D eigenvalue weighted by Gasteiger charge is -2.07. The quantitative estimate of drug-likeness (QED) is 0.804. The Hall–Kier alpha value is -3.30. The molecule has 0 fully saturated rings. The molecule has 0 spiro atoms. The molecule has 2 N–H and O–H groups in total. The third-order valence-electron chi connectivity index (χ3n) is 2.50. The van der Waals surface area contributed by atoms with Gasteiger partial charge in [-0.2, -0.15) is 15.8 Å². The topological polar surface area (TPSA) is 112 Å². The minimum atomic E-state index is -0.280. The number of nitrogens with one attached hydrogen (secondary N) is 2. The predicted molar refractivity (Wildman–Crippen MR) is 77.5 cm³/mol. The number of hydrogen-bond acceptors (Lipinski definition) is 5. The van der Waals surface area contributed by atoms with Crippen LogP contribution in [0, 0.1) is 34.0 Å². The lowest BCUT2D eigenvalue weighted by molar-refractivity contribution is -0.116. The highest BCUT2D eigenvalue weighted by Crippen LogP contribution is 2.16. The Kier molecular flexibility index (Phi) is 5.99. The zero-order chi connectivity index (χ0) is 15.7. The molecule has 104 valence electrons. The van der Waals surface area contributed by atoms with Crippen molar-refractivity contribution in [2.24, 2.45) is 0 Å². The van der Waals surface area contributed by atoms with Gasteiger partial charge in [0.2, 0.25) is 5.91 Å². The molecule has 0 saturated carbocycles. The van der Waals surface area contributed by atoms with Gasteiger partial charge in [0, 0.05) is 17.8 Å². The van der Waals surface area contributed by atoms with E-state index in [-0.39, 0.29) is 17.2 Å². The van der Waals surface area contributed by atoms with Crippen LogP contribution in [0.4, 0.5) is 11.4 Å². The maximum Gasteiger partial charge on any atom is 0.224 e. The summed E-state index contributed by atoms with van der Waals surface area (Å²) in [5.41, 5.74) is 0.797. The second-order valence-electron chi connectivity index (χ2n) is 4.09. The minimum absolute atomic E-state index is 0.0629. The van der Waals surface area contributed by atoms with Crippen LogP contribution in [-0.4, -0.2) is 5.91 Å². The van der Waals surface area contributed by atoms with Crippen molar-refractivity contribution in [3.63, 3.8) is 0 Å². The molecule has 21 heavy (non-hydrogen) atoms. The van der Waals surface area contributed by atoms with Gasteiger partial charge in [0.05, 0.1) is 0 Å². The Morgan fingerprint density at radius 2 is 1.52 bits per heavy atom. The van der Waals surface area contributed by atoms with Gasteiger partial charge in [0.25, 0.3) is 0 Å². The highest BCUT2D eigenvalue weighted by atomic mass is 16.1. The van der Waals surface area contributed by atoms with Gasteiger partial charge in [-0.25, -0.2) is 0 Å². The zero-order valence-corrected chi connectivity index (χ0v) is 11.5. The van der Waals surface area contributed by atoms with Crippen molar-refractivity contribution in [2.45, 2.75) is 19.8 Å². The maximum absolute atomic E-state index is 11.4. The number of amides is 1. The van der Waals surface area contributed by atoms with Crippen LogP contribution in [0.5, 0.6) is 0 Å². The van der Waals surface area contributed by atoms with Crippen molar-refractivity contribution < 1.29 is 4.79 Å². The summed E-state index contributed by atoms with van der Waals surface area (Å²) in [6.07, 6.45) is 1.22. The number of nitrogens with zero attached hydrogens (tertiary/aromatic N) is 3. The molecule has 0 radical (unpaired) electrons. The molecule has 0 aromatic heterocycles. The Balaban J connectivity index is 2.83. The molecular formula is C15H13N5O. The van der Waals surface area contributed by atoms with Crippen molar-refractivity contribution in [3.05, 3.63) is 35.5 Å². The molecule has 0 bridgehead atoms. The van der Waals surface area contributed by atoms with E-state index in [9.17, 15) is 4.79 Å². The first-order valence-electron chi connectivity index (χ1n) is 6.26. The number of carbonyl (C=O) groups is 1. The summed E-state index contributed by atoms with van der Waals surface area (Å²) in [7, 11) is 0. The molecule has 0 atom stereocenters. The van der Waals surface area contributed by atoms with Crippen LogP contribution in [0.1, 0.15) is 19.8 Å². The smallest absolute Gasteiger partial charge is 0.224 e. The Labute approximate surface area is 122 Å². The largest absolute Gasteiger partial charge is 0.345 e. The fourth-order valence-electron chi connectivity index (χ4n) is 1.51. The third-order valence-corrected chi connectivity index (χ3v) is 2.50. The number of carbonyl (C=O) groups excluding carboxylic acids is 1. The van der Waals surface area contributed by atoms with Crippen LogP contribution in [0.2, 0.25) is 0 Å². The van der Waals surface area contributed by atoms with E-state index in [0.29, 0.717) is 17.8 Å². The molecule has 0 aliphatic rings. The summed E-state index contributed by atoms with van der Waals surface area (Å²) in [6, 6.07) is 11.7. The second kappa shape index (κ2) is 7.99. The fraction of sp³-hybridized carbons (Fsp3) is 0.200. The molecule has 0 heterocycles. The normalized spacial score (nSPS) is 8.67. The number of hydrogen-bond donors (Lipinski definition) is 2. The van der Waals surface area contributed by atoms with Crippen LogP contribution in [-0.2, 0) is 4.79 Å². The monoisotopic (exact) mass is 279 g/mol. The summed E-state index contributed by atoms with van der Waals surface area (Å²) in [4.78, 5) is 11.4. The lowest BCUT2D eigenvalue weighted by Crippen LogP contribution is -2.10. The van der Waals surface area contributed by atoms with Crippen LogP contribution in [0.15, 0.2) is 35.5 Å². The van der Waals surface area contributed by atoms with Gasteiger partial charge in [-0.05, 0) is 30.7 Å². The molecule has 1 aromatic carbocycles. The van der Waals surface area contributed by atoms with Gasteiger partial charge in [0.1, 0.15) is 23.9 Å². The molecule has 1 aromatic rings. The van der Waals surface area contributed by atoms with E-state index in [1.807, 2.05) is 6.92 Å². The van der Waals surface area contributed by atoms with E-state index < -0.39 is 0 Å². The van der Waals surface area contributed by atoms with Crippen LogP contribution in [0.25, 0.3) is 0 Å². The molecule has 0 aliphatic carbocycles. The summed E-state index contributed by atoms with van der Waals surface area (Å²) in [5, 5.41) is 31.8.